The van der Waals surface area contributed by atoms with Gasteiger partial charge >= 0.3 is 0 Å². The van der Waals surface area contributed by atoms with Crippen molar-refractivity contribution in [3.05, 3.63) is 144 Å². The number of aromatic nitrogens is 2. The maximum Gasteiger partial charge on any atom is 0.245 e. The molecular weight excluding hydrogens is 729 g/mol. The Labute approximate surface area is 338 Å². The van der Waals surface area contributed by atoms with Crippen LogP contribution in [-0.4, -0.2) is 86.3 Å². The van der Waals surface area contributed by atoms with Gasteiger partial charge in [-0.3, -0.25) is 24.3 Å². The zero-order valence-corrected chi connectivity index (χ0v) is 33.5. The summed E-state index contributed by atoms with van der Waals surface area (Å²) in [5.74, 6) is 1.28. The number of hydrogen-bond acceptors (Lipinski definition) is 7. The van der Waals surface area contributed by atoms with E-state index in [2.05, 4.69) is 53.5 Å². The van der Waals surface area contributed by atoms with Crippen molar-refractivity contribution < 1.29 is 14.4 Å². The molecule has 9 nitrogen and oxygen atoms in total. The van der Waals surface area contributed by atoms with Gasteiger partial charge in [0.15, 0.2) is 0 Å². The van der Waals surface area contributed by atoms with Crippen molar-refractivity contribution >= 4 is 40.6 Å². The van der Waals surface area contributed by atoms with Crippen LogP contribution < -0.4 is 0 Å². The number of carbonyl (C=O) groups excluding carboxylic acids is 3. The van der Waals surface area contributed by atoms with Gasteiger partial charge in [-0.1, -0.05) is 109 Å². The van der Waals surface area contributed by atoms with E-state index < -0.39 is 5.92 Å². The first-order valence-corrected chi connectivity index (χ1v) is 20.8. The fraction of sp³-hybridized carbons (Fsp3) is 0.298. The number of hydrogen-bond donors (Lipinski definition) is 1. The van der Waals surface area contributed by atoms with Crippen molar-refractivity contribution in [2.75, 3.05) is 32.9 Å². The van der Waals surface area contributed by atoms with Crippen molar-refractivity contribution in [2.45, 2.75) is 56.0 Å². The van der Waals surface area contributed by atoms with Crippen molar-refractivity contribution in [1.82, 2.24) is 24.7 Å². The number of thioether (sulfide) groups is 1. The van der Waals surface area contributed by atoms with E-state index in [9.17, 15) is 14.4 Å². The third-order valence-corrected chi connectivity index (χ3v) is 12.6. The number of likely N-dealkylation sites (tertiary alicyclic amines) is 1. The van der Waals surface area contributed by atoms with Crippen LogP contribution in [-0.2, 0) is 14.4 Å². The van der Waals surface area contributed by atoms with E-state index in [1.165, 1.54) is 0 Å². The van der Waals surface area contributed by atoms with Crippen LogP contribution in [0.3, 0.4) is 0 Å². The number of carbonyl (C=O) groups is 3. The second-order valence-electron chi connectivity index (χ2n) is 15.4. The standard InChI is InChI=1S/C47H48N6O3S/c1-31(54)27-39(35-11-6-4-7-12-35)45(55)53-25-26-57-47(53)40-28-38(29-48-40)34-18-16-32(17-19-34)33-20-22-36(23-21-33)41-30-49-44(50-41)42-15-10-24-52(42)46(56)43(51(2)3)37-13-8-5-9-14-37/h4-9,11-14,16-23,29-30,39,42-43,47H,10,15,24-28H2,1-3H3,(H,49,50)/t39-,42+,43-,47+/m1/s1. The largest absolute Gasteiger partial charge is 0.340 e. The lowest BCUT2D eigenvalue weighted by atomic mass is 9.92. The maximum absolute atomic E-state index is 13.9. The van der Waals surface area contributed by atoms with Crippen LogP contribution in [0.5, 0.6) is 0 Å². The summed E-state index contributed by atoms with van der Waals surface area (Å²) < 4.78 is 0. The molecule has 8 rings (SSSR count). The van der Waals surface area contributed by atoms with E-state index in [4.69, 9.17) is 9.98 Å². The number of aliphatic imine (C=N–C) groups is 1. The van der Waals surface area contributed by atoms with Crippen LogP contribution in [0.15, 0.2) is 127 Å². The second-order valence-corrected chi connectivity index (χ2v) is 16.6. The Bertz CT molecular complexity index is 2290. The molecule has 1 N–H and O–H groups in total. The van der Waals surface area contributed by atoms with Gasteiger partial charge in [-0.25, -0.2) is 4.98 Å². The summed E-state index contributed by atoms with van der Waals surface area (Å²) in [7, 11) is 3.91. The Hall–Kier alpha value is -5.58. The average Bonchev–Trinajstić information content (AvgIpc) is 4.08. The van der Waals surface area contributed by atoms with Gasteiger partial charge < -0.3 is 14.8 Å². The molecule has 10 heteroatoms. The SMILES string of the molecule is CC(=O)C[C@@H](C(=O)N1CCS[C@H]1C1=NC=C(c2ccc(-c3ccc(-c4cnc([C@@H]5CCCN5C(=O)[C@@H](c5ccccc5)N(C)C)[nH]4)cc3)cc2)C1)c1ccccc1. The van der Waals surface area contributed by atoms with Crippen molar-refractivity contribution in [1.29, 1.82) is 0 Å². The molecule has 0 spiro atoms. The molecular formula is C47H48N6O3S. The minimum atomic E-state index is -0.486. The van der Waals surface area contributed by atoms with Gasteiger partial charge in [0.1, 0.15) is 23.0 Å². The Morgan fingerprint density at radius 1 is 0.789 bits per heavy atom. The fourth-order valence-corrected chi connectivity index (χ4v) is 9.66. The fourth-order valence-electron chi connectivity index (χ4n) is 8.41. The van der Waals surface area contributed by atoms with Crippen LogP contribution in [0.4, 0.5) is 0 Å². The molecule has 0 radical (unpaired) electrons. The van der Waals surface area contributed by atoms with Crippen molar-refractivity contribution in [3.63, 3.8) is 0 Å². The molecule has 290 valence electrons. The number of aromatic amines is 1. The molecule has 4 atom stereocenters. The molecule has 2 fully saturated rings. The number of nitrogens with one attached hydrogen (secondary N) is 1. The zero-order chi connectivity index (χ0) is 39.5. The third kappa shape index (κ3) is 8.15. The van der Waals surface area contributed by atoms with Crippen LogP contribution in [0.2, 0.25) is 0 Å². The van der Waals surface area contributed by atoms with Gasteiger partial charge in [-0.15, -0.1) is 11.8 Å². The first-order valence-electron chi connectivity index (χ1n) is 19.7. The topological polar surface area (TPSA) is 102 Å². The highest BCUT2D eigenvalue weighted by molar-refractivity contribution is 8.00. The average molecular weight is 777 g/mol. The lowest BCUT2D eigenvalue weighted by Crippen LogP contribution is -2.42. The van der Waals surface area contributed by atoms with E-state index >= 15 is 0 Å². The molecule has 2 amide bonds. The van der Waals surface area contributed by atoms with Gasteiger partial charge in [-0.05, 0) is 72.8 Å². The summed E-state index contributed by atoms with van der Waals surface area (Å²) >= 11 is 1.75. The normalized spacial score (nSPS) is 19.1. The highest BCUT2D eigenvalue weighted by Gasteiger charge is 2.39. The Kier molecular flexibility index (Phi) is 11.3. The molecule has 4 aromatic carbocycles. The highest BCUT2D eigenvalue weighted by atomic mass is 32.2. The number of rotatable bonds is 12. The van der Waals surface area contributed by atoms with Crippen LogP contribution in [0, 0.1) is 0 Å². The molecule has 2 saturated heterocycles. The Morgan fingerprint density at radius 2 is 1.42 bits per heavy atom. The number of nitrogens with zero attached hydrogens (tertiary/aromatic N) is 5. The number of imidazole rings is 1. The summed E-state index contributed by atoms with van der Waals surface area (Å²) in [6.07, 6.45) is 6.51. The number of amides is 2. The zero-order valence-electron chi connectivity index (χ0n) is 32.7. The first kappa shape index (κ1) is 38.3. The third-order valence-electron chi connectivity index (χ3n) is 11.3. The molecule has 1 aromatic heterocycles. The van der Waals surface area contributed by atoms with E-state index in [0.717, 1.165) is 74.8 Å². The maximum atomic E-state index is 13.9. The number of H-pyrrole nitrogens is 1. The van der Waals surface area contributed by atoms with Crippen molar-refractivity contribution in [2.24, 2.45) is 4.99 Å². The summed E-state index contributed by atoms with van der Waals surface area (Å²) in [6, 6.07) is 36.3. The lowest BCUT2D eigenvalue weighted by Gasteiger charge is -2.31. The monoisotopic (exact) mass is 776 g/mol. The Morgan fingerprint density at radius 3 is 2.07 bits per heavy atom. The van der Waals surface area contributed by atoms with Gasteiger partial charge in [0.25, 0.3) is 0 Å². The smallest absolute Gasteiger partial charge is 0.245 e. The molecule has 0 aliphatic carbocycles. The summed E-state index contributed by atoms with van der Waals surface area (Å²) in [4.78, 5) is 59.1. The first-order chi connectivity index (χ1) is 27.7. The molecule has 5 aromatic rings. The van der Waals surface area contributed by atoms with Gasteiger partial charge in [0.2, 0.25) is 11.8 Å². The molecule has 4 heterocycles. The van der Waals surface area contributed by atoms with Crippen LogP contribution in [0.1, 0.15) is 73.1 Å². The van der Waals surface area contributed by atoms with Gasteiger partial charge in [0, 0.05) is 37.9 Å². The van der Waals surface area contributed by atoms with E-state index in [-0.39, 0.29) is 41.5 Å². The number of allylic oxidation sites excluding steroid dienone is 1. The summed E-state index contributed by atoms with van der Waals surface area (Å²) in [5.41, 5.74) is 9.28. The van der Waals surface area contributed by atoms with Crippen LogP contribution in [0.25, 0.3) is 28.0 Å². The van der Waals surface area contributed by atoms with Gasteiger partial charge in [-0.2, -0.15) is 0 Å². The van der Waals surface area contributed by atoms with E-state index in [0.29, 0.717) is 19.5 Å². The van der Waals surface area contributed by atoms with Crippen LogP contribution >= 0.6 is 11.8 Å². The van der Waals surface area contributed by atoms with E-state index in [1.54, 1.807) is 18.7 Å². The van der Waals surface area contributed by atoms with Gasteiger partial charge in [0.05, 0.1) is 29.6 Å². The minimum absolute atomic E-state index is 0.00401. The number of Topliss-reactive ketones (excluding diaryl/α,β-unsaturated/α-hetero) is 1. The molecule has 57 heavy (non-hydrogen) atoms. The lowest BCUT2D eigenvalue weighted by molar-refractivity contribution is -0.137. The number of benzene rings is 4. The predicted molar refractivity (Wildman–Crippen MR) is 228 cm³/mol. The summed E-state index contributed by atoms with van der Waals surface area (Å²) in [6.45, 7) is 2.91. The molecule has 0 unspecified atom stereocenters. The number of likely N-dealkylation sites (N-methyl/N-ethyl adjacent to an activating group) is 1. The van der Waals surface area contributed by atoms with Crippen molar-refractivity contribution in [3.8, 4) is 22.4 Å². The predicted octanol–water partition coefficient (Wildman–Crippen LogP) is 8.56. The molecule has 0 bridgehead atoms. The molecule has 3 aliphatic rings. The highest BCUT2D eigenvalue weighted by Crippen LogP contribution is 2.38. The number of ketones is 1. The Balaban J connectivity index is 0.900. The quantitative estimate of drug-likeness (QED) is 0.136. The molecule has 0 saturated carbocycles. The van der Waals surface area contributed by atoms with E-state index in [1.807, 2.05) is 102 Å². The molecule has 3 aliphatic heterocycles. The minimum Gasteiger partial charge on any atom is -0.340 e. The summed E-state index contributed by atoms with van der Waals surface area (Å²) in [5, 5.41) is -0.136. The second kappa shape index (κ2) is 16.9.